The minimum atomic E-state index is -4.79. The van der Waals surface area contributed by atoms with E-state index in [2.05, 4.69) is 24.9 Å². The molecule has 4 rings (SSSR count). The van der Waals surface area contributed by atoms with Gasteiger partial charge in [-0.3, -0.25) is 9.78 Å². The highest BCUT2D eigenvalue weighted by Crippen LogP contribution is 2.33. The highest BCUT2D eigenvalue weighted by Gasteiger charge is 2.31. The number of aliphatic hydroxyl groups excluding tert-OH is 1. The van der Waals surface area contributed by atoms with Crippen molar-refractivity contribution in [2.24, 2.45) is 5.92 Å². The third-order valence-electron chi connectivity index (χ3n) is 5.82. The molecule has 10 heteroatoms. The number of aliphatic hydroxyl groups is 1. The van der Waals surface area contributed by atoms with E-state index in [4.69, 9.17) is 0 Å². The number of hydrogen-bond donors (Lipinski definition) is 2. The Morgan fingerprint density at radius 2 is 1.94 bits per heavy atom. The molecule has 0 saturated carbocycles. The van der Waals surface area contributed by atoms with Gasteiger partial charge >= 0.3 is 6.36 Å². The van der Waals surface area contributed by atoms with Crippen molar-refractivity contribution < 1.29 is 27.8 Å². The minimum absolute atomic E-state index is 0.103. The molecule has 184 valence electrons. The van der Waals surface area contributed by atoms with Gasteiger partial charge in [-0.05, 0) is 49.2 Å². The molecule has 0 bridgehead atoms. The van der Waals surface area contributed by atoms with Gasteiger partial charge in [0.2, 0.25) is 0 Å². The largest absolute Gasteiger partial charge is 0.573 e. The quantitative estimate of drug-likeness (QED) is 0.505. The van der Waals surface area contributed by atoms with Crippen molar-refractivity contribution in [1.82, 2.24) is 9.97 Å². The van der Waals surface area contributed by atoms with Gasteiger partial charge < -0.3 is 20.1 Å². The molecule has 7 nitrogen and oxygen atoms in total. The fourth-order valence-electron chi connectivity index (χ4n) is 3.96. The first-order valence-corrected chi connectivity index (χ1v) is 11.2. The first-order chi connectivity index (χ1) is 16.8. The Hall–Kier alpha value is -3.66. The van der Waals surface area contributed by atoms with Gasteiger partial charge in [0.15, 0.2) is 0 Å². The molecule has 3 heterocycles. The van der Waals surface area contributed by atoms with Crippen LogP contribution < -0.4 is 15.0 Å². The number of benzene rings is 1. The number of ether oxygens (including phenoxy) is 1. The average Bonchev–Trinajstić information content (AvgIpc) is 3.33. The van der Waals surface area contributed by atoms with E-state index in [-0.39, 0.29) is 23.8 Å². The van der Waals surface area contributed by atoms with E-state index < -0.39 is 12.3 Å². The summed E-state index contributed by atoms with van der Waals surface area (Å²) in [6.07, 6.45) is 0.0760. The molecule has 2 N–H and O–H groups in total. The maximum Gasteiger partial charge on any atom is 0.573 e. The number of aromatic nitrogens is 2. The standard InChI is InChI=1S/C25H25F3N4O3/c1-2-19-4-3-17(12-29-19)22-11-18(13-30-23(22)32-10-9-16(14-32)15-33)24(34)31-20-5-7-21(8-6-20)35-25(26,27)28/h3-8,11-13,16,33H,2,9-10,14-15H2,1H3,(H,31,34). The monoisotopic (exact) mass is 486 g/mol. The molecule has 1 aliphatic rings. The van der Waals surface area contributed by atoms with Crippen molar-refractivity contribution in [3.63, 3.8) is 0 Å². The van der Waals surface area contributed by atoms with Gasteiger partial charge in [0.05, 0.1) is 5.56 Å². The number of nitrogens with zero attached hydrogens (tertiary/aromatic N) is 3. The van der Waals surface area contributed by atoms with Crippen LogP contribution in [-0.2, 0) is 6.42 Å². The van der Waals surface area contributed by atoms with Crippen molar-refractivity contribution in [2.75, 3.05) is 29.9 Å². The molecule has 3 aromatic rings. The van der Waals surface area contributed by atoms with E-state index in [1.165, 1.54) is 18.3 Å². The molecular weight excluding hydrogens is 461 g/mol. The first-order valence-electron chi connectivity index (χ1n) is 11.2. The number of carbonyl (C=O) groups is 1. The number of nitrogens with one attached hydrogen (secondary N) is 1. The molecule has 1 saturated heterocycles. The zero-order chi connectivity index (χ0) is 25.0. The van der Waals surface area contributed by atoms with Crippen LogP contribution in [0.5, 0.6) is 5.75 Å². The van der Waals surface area contributed by atoms with Gasteiger partial charge in [-0.1, -0.05) is 13.0 Å². The zero-order valence-corrected chi connectivity index (χ0v) is 19.0. The SMILES string of the molecule is CCc1ccc(-c2cc(C(=O)Nc3ccc(OC(F)(F)F)cc3)cnc2N2CCC(CO)C2)cn1. The van der Waals surface area contributed by atoms with Crippen LogP contribution >= 0.6 is 0 Å². The van der Waals surface area contributed by atoms with Crippen LogP contribution in [0.15, 0.2) is 54.9 Å². The summed E-state index contributed by atoms with van der Waals surface area (Å²) in [7, 11) is 0. The molecule has 35 heavy (non-hydrogen) atoms. The lowest BCUT2D eigenvalue weighted by atomic mass is 10.0. The van der Waals surface area contributed by atoms with Crippen molar-refractivity contribution >= 4 is 17.4 Å². The summed E-state index contributed by atoms with van der Waals surface area (Å²) in [5.41, 5.74) is 3.09. The maximum absolute atomic E-state index is 12.9. The number of anilines is 2. The molecule has 1 unspecified atom stereocenters. The summed E-state index contributed by atoms with van der Waals surface area (Å²) in [4.78, 5) is 24.1. The lowest BCUT2D eigenvalue weighted by Crippen LogP contribution is -2.23. The van der Waals surface area contributed by atoms with Gasteiger partial charge in [0, 0.05) is 60.5 Å². The number of pyridine rings is 2. The molecular formula is C25H25F3N4O3. The zero-order valence-electron chi connectivity index (χ0n) is 19.0. The lowest BCUT2D eigenvalue weighted by molar-refractivity contribution is -0.274. The van der Waals surface area contributed by atoms with E-state index in [0.29, 0.717) is 18.1 Å². The van der Waals surface area contributed by atoms with Crippen LogP contribution in [-0.4, -0.2) is 47.0 Å². The Labute approximate surface area is 200 Å². The highest BCUT2D eigenvalue weighted by atomic mass is 19.4. The number of hydrogen-bond acceptors (Lipinski definition) is 6. The molecule has 1 amide bonds. The van der Waals surface area contributed by atoms with E-state index in [1.54, 1.807) is 12.3 Å². The third-order valence-corrected chi connectivity index (χ3v) is 5.82. The number of rotatable bonds is 7. The first kappa shape index (κ1) is 24.5. The number of carbonyl (C=O) groups excluding carboxylic acids is 1. The van der Waals surface area contributed by atoms with Gasteiger partial charge in [-0.25, -0.2) is 4.98 Å². The summed E-state index contributed by atoms with van der Waals surface area (Å²) in [5, 5.41) is 12.2. The summed E-state index contributed by atoms with van der Waals surface area (Å²) in [5.74, 6) is 0.0379. The lowest BCUT2D eigenvalue weighted by Gasteiger charge is -2.21. The molecule has 1 aliphatic heterocycles. The van der Waals surface area contributed by atoms with Crippen molar-refractivity contribution in [1.29, 1.82) is 0 Å². The summed E-state index contributed by atoms with van der Waals surface area (Å²) >= 11 is 0. The van der Waals surface area contributed by atoms with Crippen LogP contribution in [0, 0.1) is 5.92 Å². The van der Waals surface area contributed by atoms with Crippen molar-refractivity contribution in [3.8, 4) is 16.9 Å². The third kappa shape index (κ3) is 6.07. The van der Waals surface area contributed by atoms with Crippen molar-refractivity contribution in [2.45, 2.75) is 26.1 Å². The second kappa shape index (κ2) is 10.3. The number of amides is 1. The molecule has 0 spiro atoms. The van der Waals surface area contributed by atoms with Crippen LogP contribution in [0.2, 0.25) is 0 Å². The normalized spacial score (nSPS) is 15.8. The predicted molar refractivity (Wildman–Crippen MR) is 125 cm³/mol. The molecule has 1 atom stereocenters. The number of alkyl halides is 3. The second-order valence-electron chi connectivity index (χ2n) is 8.30. The van der Waals surface area contributed by atoms with Crippen LogP contribution in [0.3, 0.4) is 0 Å². The Balaban J connectivity index is 1.59. The second-order valence-corrected chi connectivity index (χ2v) is 8.30. The van der Waals surface area contributed by atoms with E-state index in [1.807, 2.05) is 19.1 Å². The fraction of sp³-hybridized carbons (Fsp3) is 0.320. The van der Waals surface area contributed by atoms with Gasteiger partial charge in [-0.2, -0.15) is 0 Å². The van der Waals surface area contributed by atoms with E-state index in [0.717, 1.165) is 48.3 Å². The Bertz CT molecular complexity index is 1170. The predicted octanol–water partition coefficient (Wildman–Crippen LogP) is 4.68. The maximum atomic E-state index is 12.9. The molecule has 0 radical (unpaired) electrons. The smallest absolute Gasteiger partial charge is 0.406 e. The van der Waals surface area contributed by atoms with Crippen LogP contribution in [0.1, 0.15) is 29.4 Å². The molecule has 0 aliphatic carbocycles. The highest BCUT2D eigenvalue weighted by molar-refractivity contribution is 6.05. The minimum Gasteiger partial charge on any atom is -0.406 e. The Morgan fingerprint density at radius 3 is 2.54 bits per heavy atom. The van der Waals surface area contributed by atoms with Gasteiger partial charge in [-0.15, -0.1) is 13.2 Å². The Morgan fingerprint density at radius 1 is 1.17 bits per heavy atom. The number of aryl methyl sites for hydroxylation is 1. The molecule has 1 aromatic carbocycles. The molecule has 2 aromatic heterocycles. The van der Waals surface area contributed by atoms with Crippen molar-refractivity contribution in [3.05, 3.63) is 66.1 Å². The summed E-state index contributed by atoms with van der Waals surface area (Å²) in [6.45, 7) is 3.52. The van der Waals surface area contributed by atoms with E-state index in [9.17, 15) is 23.1 Å². The van der Waals surface area contributed by atoms with E-state index >= 15 is 0 Å². The Kier molecular flexibility index (Phi) is 7.20. The summed E-state index contributed by atoms with van der Waals surface area (Å²) in [6, 6.07) is 10.5. The summed E-state index contributed by atoms with van der Waals surface area (Å²) < 4.78 is 40.9. The van der Waals surface area contributed by atoms with Crippen LogP contribution in [0.25, 0.3) is 11.1 Å². The number of halogens is 3. The fourth-order valence-corrected chi connectivity index (χ4v) is 3.96. The van der Waals surface area contributed by atoms with Gasteiger partial charge in [0.1, 0.15) is 11.6 Å². The average molecular weight is 486 g/mol. The van der Waals surface area contributed by atoms with Gasteiger partial charge in [0.25, 0.3) is 5.91 Å². The molecule has 1 fully saturated rings. The van der Waals surface area contributed by atoms with Crippen LogP contribution in [0.4, 0.5) is 24.7 Å². The topological polar surface area (TPSA) is 87.6 Å².